The number of carbonyl (C=O) groups excluding carboxylic acids is 6. The fourth-order valence-electron chi connectivity index (χ4n) is 5.90. The molecule has 4 N–H and O–H groups in total. The fourth-order valence-corrected chi connectivity index (χ4v) is 6.48. The SMILES string of the molecule is Cc1ccc(C[C@H]2NC(=O)/C=C/C[C@@H]([C@H](C)[C@@H](O)[C@@H](Cl)c3ccc(COC(=O)CNC(=O)OC(C)(C)C)cc3)OC(=O)[C@H](CC(C)C)OC(=O)C(C)(C)CNC2=O)cc1Cl. The molecule has 3 amide bonds. The number of benzene rings is 2. The Bertz CT molecular complexity index is 1860. The van der Waals surface area contributed by atoms with E-state index in [4.69, 9.17) is 42.1 Å². The number of amides is 3. The second-order valence-corrected chi connectivity index (χ2v) is 18.0. The van der Waals surface area contributed by atoms with Gasteiger partial charge in [-0.25, -0.2) is 9.59 Å². The lowest BCUT2D eigenvalue weighted by molar-refractivity contribution is -0.180. The molecule has 60 heavy (non-hydrogen) atoms. The van der Waals surface area contributed by atoms with Gasteiger partial charge in [-0.15, -0.1) is 11.6 Å². The summed E-state index contributed by atoms with van der Waals surface area (Å²) >= 11 is 13.2. The zero-order valence-corrected chi connectivity index (χ0v) is 37.3. The zero-order chi connectivity index (χ0) is 44.9. The van der Waals surface area contributed by atoms with Crippen molar-refractivity contribution < 1.29 is 52.8 Å². The standard InChI is InChI=1S/C44H59Cl2N3O11/c1-25(2)19-34-40(54)58-33(27(4)38(52)37(46)30-17-15-28(16-18-30)23-57-36(51)22-47-42(56)60-43(5,6)7)11-10-12-35(50)49-32(21-29-14-13-26(3)31(45)20-29)39(53)48-24-44(8,9)41(55)59-34/h10,12-18,20,25,27,32-34,37-38,52H,11,19,21-24H2,1-9H3,(H,47,56)(H,48,53)(H,49,50)/b12-10+/t27-,32+,33-,34-,37-,38+/m0/s1. The average Bonchev–Trinajstić information content (AvgIpc) is 3.16. The molecule has 6 atom stereocenters. The Hall–Kier alpha value is -4.66. The first-order chi connectivity index (χ1) is 27.9. The van der Waals surface area contributed by atoms with Crippen LogP contribution in [0.1, 0.15) is 95.9 Å². The molecule has 0 bridgehead atoms. The normalized spacial score (nSPS) is 21.3. The number of rotatable bonds is 12. The van der Waals surface area contributed by atoms with Crippen molar-refractivity contribution >= 4 is 59.0 Å². The predicted molar refractivity (Wildman–Crippen MR) is 226 cm³/mol. The number of hydrogen-bond acceptors (Lipinski definition) is 11. The summed E-state index contributed by atoms with van der Waals surface area (Å²) in [4.78, 5) is 78.1. The molecule has 330 valence electrons. The third kappa shape index (κ3) is 16.1. The van der Waals surface area contributed by atoms with Crippen molar-refractivity contribution in [1.82, 2.24) is 16.0 Å². The minimum Gasteiger partial charge on any atom is -0.460 e. The van der Waals surface area contributed by atoms with Gasteiger partial charge in [-0.05, 0) is 88.3 Å². The minimum absolute atomic E-state index is 0.0492. The molecule has 1 aliphatic heterocycles. The van der Waals surface area contributed by atoms with Gasteiger partial charge in [0.1, 0.15) is 30.9 Å². The molecule has 1 aliphatic rings. The highest BCUT2D eigenvalue weighted by Gasteiger charge is 2.38. The van der Waals surface area contributed by atoms with Gasteiger partial charge in [-0.2, -0.15) is 0 Å². The van der Waals surface area contributed by atoms with Gasteiger partial charge >= 0.3 is 24.0 Å². The van der Waals surface area contributed by atoms with Crippen molar-refractivity contribution in [2.75, 3.05) is 13.1 Å². The Balaban J connectivity index is 1.82. The van der Waals surface area contributed by atoms with Gasteiger partial charge < -0.3 is 40.0 Å². The van der Waals surface area contributed by atoms with E-state index in [0.29, 0.717) is 21.7 Å². The molecule has 0 unspecified atom stereocenters. The van der Waals surface area contributed by atoms with Gasteiger partial charge in [0.05, 0.1) is 16.9 Å². The molecule has 0 aromatic heterocycles. The monoisotopic (exact) mass is 875 g/mol. The highest BCUT2D eigenvalue weighted by molar-refractivity contribution is 6.31. The van der Waals surface area contributed by atoms with E-state index >= 15 is 0 Å². The Morgan fingerprint density at radius 1 is 1.02 bits per heavy atom. The van der Waals surface area contributed by atoms with Gasteiger partial charge in [-0.3, -0.25) is 19.2 Å². The average molecular weight is 877 g/mol. The zero-order valence-electron chi connectivity index (χ0n) is 35.8. The molecule has 2 aromatic carbocycles. The number of hydrogen-bond donors (Lipinski definition) is 4. The summed E-state index contributed by atoms with van der Waals surface area (Å²) in [6.45, 7) is 14.8. The molecular formula is C44H59Cl2N3O11. The molecule has 0 fully saturated rings. The molecule has 16 heteroatoms. The molecule has 0 aliphatic carbocycles. The van der Waals surface area contributed by atoms with Crippen LogP contribution >= 0.6 is 23.2 Å². The van der Waals surface area contributed by atoms with Gasteiger partial charge in [-0.1, -0.05) is 74.8 Å². The summed E-state index contributed by atoms with van der Waals surface area (Å²) in [5.41, 5.74) is 0.675. The Labute approximate surface area is 362 Å². The number of alkyl halides is 1. The number of nitrogens with one attached hydrogen (secondary N) is 3. The lowest BCUT2D eigenvalue weighted by Gasteiger charge is -2.32. The summed E-state index contributed by atoms with van der Waals surface area (Å²) in [6, 6.07) is 10.9. The van der Waals surface area contributed by atoms with Gasteiger partial charge in [0.15, 0.2) is 6.10 Å². The first-order valence-electron chi connectivity index (χ1n) is 19.9. The fraction of sp³-hybridized carbons (Fsp3) is 0.545. The van der Waals surface area contributed by atoms with Gasteiger partial charge in [0.25, 0.3) is 0 Å². The first-order valence-corrected chi connectivity index (χ1v) is 20.7. The van der Waals surface area contributed by atoms with Crippen molar-refractivity contribution in [3.05, 3.63) is 81.9 Å². The maximum Gasteiger partial charge on any atom is 0.408 e. The van der Waals surface area contributed by atoms with Crippen LogP contribution in [0.15, 0.2) is 54.6 Å². The van der Waals surface area contributed by atoms with Crippen LogP contribution in [0, 0.1) is 24.2 Å². The third-order valence-corrected chi connectivity index (χ3v) is 10.5. The van der Waals surface area contributed by atoms with Gasteiger partial charge in [0, 0.05) is 30.3 Å². The van der Waals surface area contributed by atoms with E-state index in [9.17, 15) is 33.9 Å². The lowest BCUT2D eigenvalue weighted by Crippen LogP contribution is -2.51. The van der Waals surface area contributed by atoms with E-state index in [2.05, 4.69) is 16.0 Å². The number of halogens is 2. The van der Waals surface area contributed by atoms with Crippen LogP contribution in [0.2, 0.25) is 5.02 Å². The number of aliphatic hydroxyl groups is 1. The Morgan fingerprint density at radius 2 is 1.67 bits per heavy atom. The van der Waals surface area contributed by atoms with Crippen molar-refractivity contribution in [1.29, 1.82) is 0 Å². The van der Waals surface area contributed by atoms with Crippen molar-refractivity contribution in [3.63, 3.8) is 0 Å². The second kappa shape index (κ2) is 22.3. The van der Waals surface area contributed by atoms with Crippen molar-refractivity contribution in [2.24, 2.45) is 17.3 Å². The summed E-state index contributed by atoms with van der Waals surface area (Å²) in [5.74, 6) is -4.31. The smallest absolute Gasteiger partial charge is 0.408 e. The topological polar surface area (TPSA) is 196 Å². The quantitative estimate of drug-likeness (QED) is 0.108. The molecular weight excluding hydrogens is 817 g/mol. The Kier molecular flexibility index (Phi) is 18.4. The van der Waals surface area contributed by atoms with E-state index in [1.807, 2.05) is 32.9 Å². The number of carbonyl (C=O) groups is 6. The number of cyclic esters (lactones) is 2. The van der Waals surface area contributed by atoms with Crippen molar-refractivity contribution in [3.8, 4) is 0 Å². The van der Waals surface area contributed by atoms with Crippen LogP contribution in [0.25, 0.3) is 0 Å². The number of alkyl carbamates (subject to hydrolysis) is 1. The van der Waals surface area contributed by atoms with Crippen LogP contribution in [0.5, 0.6) is 0 Å². The van der Waals surface area contributed by atoms with Crippen molar-refractivity contribution in [2.45, 2.75) is 124 Å². The summed E-state index contributed by atoms with van der Waals surface area (Å²) in [7, 11) is 0. The summed E-state index contributed by atoms with van der Waals surface area (Å²) < 4.78 is 22.1. The number of aryl methyl sites for hydroxylation is 1. The molecule has 3 rings (SSSR count). The first kappa shape index (κ1) is 49.7. The number of ether oxygens (including phenoxy) is 4. The van der Waals surface area contributed by atoms with E-state index in [1.165, 1.54) is 12.2 Å². The Morgan fingerprint density at radius 3 is 2.28 bits per heavy atom. The maximum absolute atomic E-state index is 13.8. The highest BCUT2D eigenvalue weighted by atomic mass is 35.5. The summed E-state index contributed by atoms with van der Waals surface area (Å²) in [6.07, 6.45) is -1.51. The van der Waals surface area contributed by atoms with E-state index < -0.39 is 82.5 Å². The van der Waals surface area contributed by atoms with Crippen LogP contribution in [0.3, 0.4) is 0 Å². The second-order valence-electron chi connectivity index (χ2n) is 17.1. The lowest BCUT2D eigenvalue weighted by atomic mass is 9.90. The highest BCUT2D eigenvalue weighted by Crippen LogP contribution is 2.33. The van der Waals surface area contributed by atoms with Crippen LogP contribution in [-0.2, 0) is 55.9 Å². The molecule has 0 spiro atoms. The number of esters is 3. The molecule has 2 aromatic rings. The van der Waals surface area contributed by atoms with Crippen LogP contribution in [-0.4, -0.2) is 84.0 Å². The largest absolute Gasteiger partial charge is 0.460 e. The number of aliphatic hydroxyl groups excluding tert-OH is 1. The van der Waals surface area contributed by atoms with E-state index in [-0.39, 0.29) is 44.9 Å². The third-order valence-electron chi connectivity index (χ3n) is 9.57. The minimum atomic E-state index is -1.31. The molecule has 14 nitrogen and oxygen atoms in total. The predicted octanol–water partition coefficient (Wildman–Crippen LogP) is 6.19. The van der Waals surface area contributed by atoms with Gasteiger partial charge in [0.2, 0.25) is 11.8 Å². The molecule has 0 saturated carbocycles. The summed E-state index contributed by atoms with van der Waals surface area (Å²) in [5, 5.41) is 18.9. The van der Waals surface area contributed by atoms with Crippen LogP contribution in [0.4, 0.5) is 4.79 Å². The van der Waals surface area contributed by atoms with E-state index in [1.54, 1.807) is 71.9 Å². The molecule has 0 saturated heterocycles. The van der Waals surface area contributed by atoms with E-state index in [0.717, 1.165) is 5.56 Å². The maximum atomic E-state index is 13.8. The molecule has 1 heterocycles. The molecule has 0 radical (unpaired) electrons. The van der Waals surface area contributed by atoms with Crippen LogP contribution < -0.4 is 16.0 Å².